The van der Waals surface area contributed by atoms with E-state index in [1.54, 1.807) is 0 Å². The standard InChI is InChI=1S/C24H26Cl2O2/c25-20-8-4-15(5-9-20)22(16-6-10-21(26)11-7-16)14-27-24-19-12-17-2-1-3-18(13-19)23(17)28-24/h4-11,17-19,22-24H,1-3,12-14H2/t17-,18+,19?,23?,24-/m1/s1. The Morgan fingerprint density at radius 3 is 1.86 bits per heavy atom. The monoisotopic (exact) mass is 416 g/mol. The minimum atomic E-state index is -0.0577. The van der Waals surface area contributed by atoms with Crippen LogP contribution in [0.5, 0.6) is 0 Å². The zero-order chi connectivity index (χ0) is 19.1. The van der Waals surface area contributed by atoms with Gasteiger partial charge in [-0.2, -0.15) is 0 Å². The zero-order valence-electron chi connectivity index (χ0n) is 15.9. The van der Waals surface area contributed by atoms with Gasteiger partial charge in [0.05, 0.1) is 12.7 Å². The van der Waals surface area contributed by atoms with Crippen LogP contribution in [-0.2, 0) is 9.47 Å². The molecule has 2 saturated heterocycles. The number of fused-ring (bicyclic) bond motifs is 1. The van der Waals surface area contributed by atoms with Crippen molar-refractivity contribution in [2.45, 2.75) is 50.4 Å². The lowest BCUT2D eigenvalue weighted by atomic mass is 9.64. The number of hydrogen-bond acceptors (Lipinski definition) is 2. The van der Waals surface area contributed by atoms with Crippen LogP contribution < -0.4 is 0 Å². The molecule has 2 unspecified atom stereocenters. The van der Waals surface area contributed by atoms with Gasteiger partial charge in [0.25, 0.3) is 0 Å². The van der Waals surface area contributed by atoms with Crippen LogP contribution in [0.15, 0.2) is 48.5 Å². The number of benzene rings is 2. The normalized spacial score (nSPS) is 31.3. The maximum atomic E-state index is 6.45. The van der Waals surface area contributed by atoms with Crippen LogP contribution in [0.3, 0.4) is 0 Å². The minimum Gasteiger partial charge on any atom is -0.351 e. The van der Waals surface area contributed by atoms with Gasteiger partial charge in [0.2, 0.25) is 0 Å². The fraction of sp³-hybridized carbons (Fsp3) is 0.500. The summed E-state index contributed by atoms with van der Waals surface area (Å²) in [5.74, 6) is 2.22. The molecule has 148 valence electrons. The van der Waals surface area contributed by atoms with Gasteiger partial charge in [-0.15, -0.1) is 0 Å². The molecule has 5 atom stereocenters. The van der Waals surface area contributed by atoms with E-state index in [2.05, 4.69) is 24.3 Å². The summed E-state index contributed by atoms with van der Waals surface area (Å²) in [6.45, 7) is 0.604. The third-order valence-corrected chi connectivity index (χ3v) is 7.44. The van der Waals surface area contributed by atoms with Crippen LogP contribution in [-0.4, -0.2) is 19.0 Å². The molecule has 4 aliphatic rings. The van der Waals surface area contributed by atoms with Gasteiger partial charge < -0.3 is 9.47 Å². The maximum Gasteiger partial charge on any atom is 0.160 e. The molecule has 4 bridgehead atoms. The van der Waals surface area contributed by atoms with Crippen LogP contribution in [0.2, 0.25) is 10.0 Å². The molecular weight excluding hydrogens is 391 g/mol. The highest BCUT2D eigenvalue weighted by molar-refractivity contribution is 6.30. The fourth-order valence-electron chi connectivity index (χ4n) is 5.59. The molecule has 2 heterocycles. The van der Waals surface area contributed by atoms with Gasteiger partial charge in [-0.25, -0.2) is 0 Å². The van der Waals surface area contributed by atoms with Gasteiger partial charge in [-0.05, 0) is 72.9 Å². The lowest BCUT2D eigenvalue weighted by molar-refractivity contribution is -0.289. The molecule has 2 nitrogen and oxygen atoms in total. The molecule has 6 rings (SSSR count). The third kappa shape index (κ3) is 3.73. The highest BCUT2D eigenvalue weighted by Crippen LogP contribution is 2.51. The molecule has 4 fully saturated rings. The van der Waals surface area contributed by atoms with E-state index in [4.69, 9.17) is 32.7 Å². The Bertz CT molecular complexity index is 745. The Hall–Kier alpha value is -1.06. The minimum absolute atomic E-state index is 0.0577. The second-order valence-corrected chi connectivity index (χ2v) is 9.51. The third-order valence-electron chi connectivity index (χ3n) is 6.94. The first kappa shape index (κ1) is 18.9. The van der Waals surface area contributed by atoms with Gasteiger partial charge in [0.1, 0.15) is 0 Å². The van der Waals surface area contributed by atoms with Crippen LogP contribution in [0.25, 0.3) is 0 Å². The first-order valence-electron chi connectivity index (χ1n) is 10.5. The van der Waals surface area contributed by atoms with Crippen LogP contribution in [0.1, 0.15) is 49.1 Å². The summed E-state index contributed by atoms with van der Waals surface area (Å²) in [7, 11) is 0. The lowest BCUT2D eigenvalue weighted by Crippen LogP contribution is -2.54. The van der Waals surface area contributed by atoms with Gasteiger partial charge in [-0.1, -0.05) is 53.9 Å². The second-order valence-electron chi connectivity index (χ2n) is 8.64. The van der Waals surface area contributed by atoms with E-state index in [9.17, 15) is 0 Å². The van der Waals surface area contributed by atoms with E-state index in [1.807, 2.05) is 24.3 Å². The van der Waals surface area contributed by atoms with Crippen LogP contribution in [0, 0.1) is 17.8 Å². The summed E-state index contributed by atoms with van der Waals surface area (Å²) in [5.41, 5.74) is 2.40. The average molecular weight is 417 g/mol. The molecule has 0 N–H and O–H groups in total. The molecular formula is C24H26Cl2O2. The van der Waals surface area contributed by atoms with Gasteiger partial charge in [-0.3, -0.25) is 0 Å². The summed E-state index contributed by atoms with van der Waals surface area (Å²) in [6.07, 6.45) is 6.97. The quantitative estimate of drug-likeness (QED) is 0.539. The van der Waals surface area contributed by atoms with Crippen LogP contribution >= 0.6 is 23.2 Å². The van der Waals surface area contributed by atoms with Gasteiger partial charge in [0, 0.05) is 21.9 Å². The fourth-order valence-corrected chi connectivity index (χ4v) is 5.84. The molecule has 28 heavy (non-hydrogen) atoms. The number of rotatable bonds is 5. The largest absolute Gasteiger partial charge is 0.351 e. The van der Waals surface area contributed by atoms with Crippen molar-refractivity contribution < 1.29 is 9.47 Å². The van der Waals surface area contributed by atoms with Gasteiger partial charge >= 0.3 is 0 Å². The molecule has 0 radical (unpaired) electrons. The summed E-state index contributed by atoms with van der Waals surface area (Å²) in [6, 6.07) is 16.1. The Kier molecular flexibility index (Phi) is 5.40. The van der Waals surface area contributed by atoms with Crippen molar-refractivity contribution in [1.82, 2.24) is 0 Å². The molecule has 2 saturated carbocycles. The molecule has 0 aromatic heterocycles. The predicted molar refractivity (Wildman–Crippen MR) is 113 cm³/mol. The van der Waals surface area contributed by atoms with E-state index in [-0.39, 0.29) is 12.2 Å². The first-order chi connectivity index (χ1) is 13.7. The smallest absolute Gasteiger partial charge is 0.160 e. The van der Waals surface area contributed by atoms with Crippen molar-refractivity contribution in [3.8, 4) is 0 Å². The van der Waals surface area contributed by atoms with Crippen molar-refractivity contribution >= 4 is 23.2 Å². The Morgan fingerprint density at radius 2 is 1.36 bits per heavy atom. The lowest BCUT2D eigenvalue weighted by Gasteiger charge is -2.53. The zero-order valence-corrected chi connectivity index (χ0v) is 17.4. The van der Waals surface area contributed by atoms with Crippen molar-refractivity contribution in [2.24, 2.45) is 17.8 Å². The SMILES string of the molecule is Clc1ccc(C(CO[C@@H]2OC3[C@@H]4CCC[C@H]3CC2C4)c2ccc(Cl)cc2)cc1. The second kappa shape index (κ2) is 7.99. The highest BCUT2D eigenvalue weighted by Gasteiger charge is 2.50. The van der Waals surface area contributed by atoms with E-state index in [1.165, 1.54) is 43.2 Å². The highest BCUT2D eigenvalue weighted by atomic mass is 35.5. The summed E-state index contributed by atoms with van der Waals surface area (Å²) >= 11 is 12.2. The topological polar surface area (TPSA) is 18.5 Å². The predicted octanol–water partition coefficient (Wildman–Crippen LogP) is 6.69. The maximum absolute atomic E-state index is 6.45. The van der Waals surface area contributed by atoms with E-state index in [0.717, 1.165) is 21.9 Å². The molecule has 0 spiro atoms. The van der Waals surface area contributed by atoms with Crippen molar-refractivity contribution in [3.63, 3.8) is 0 Å². The number of ether oxygens (including phenoxy) is 2. The number of halogens is 2. The van der Waals surface area contributed by atoms with Crippen molar-refractivity contribution in [3.05, 3.63) is 69.7 Å². The first-order valence-corrected chi connectivity index (χ1v) is 11.2. The Labute approximate surface area is 177 Å². The van der Waals surface area contributed by atoms with E-state index < -0.39 is 0 Å². The molecule has 2 aliphatic heterocycles. The molecule has 0 amide bonds. The summed E-state index contributed by atoms with van der Waals surface area (Å²) in [4.78, 5) is 0. The number of hydrogen-bond donors (Lipinski definition) is 0. The molecule has 2 aromatic carbocycles. The van der Waals surface area contributed by atoms with Crippen LogP contribution in [0.4, 0.5) is 0 Å². The molecule has 2 aromatic rings. The van der Waals surface area contributed by atoms with Crippen molar-refractivity contribution in [2.75, 3.05) is 6.61 Å². The Balaban J connectivity index is 1.33. The molecule has 2 aliphatic carbocycles. The van der Waals surface area contributed by atoms with E-state index in [0.29, 0.717) is 18.6 Å². The summed E-state index contributed by atoms with van der Waals surface area (Å²) < 4.78 is 12.9. The Morgan fingerprint density at radius 1 is 0.821 bits per heavy atom. The van der Waals surface area contributed by atoms with Crippen molar-refractivity contribution in [1.29, 1.82) is 0 Å². The molecule has 4 heteroatoms. The average Bonchev–Trinajstić information content (AvgIpc) is 2.70. The van der Waals surface area contributed by atoms with Gasteiger partial charge in [0.15, 0.2) is 6.29 Å². The van der Waals surface area contributed by atoms with E-state index >= 15 is 0 Å². The summed E-state index contributed by atoms with van der Waals surface area (Å²) in [5, 5.41) is 1.50.